The van der Waals surface area contributed by atoms with E-state index in [9.17, 15) is 9.59 Å². The van der Waals surface area contributed by atoms with E-state index in [2.05, 4.69) is 9.89 Å². The largest absolute Gasteiger partial charge is 0.490 e. The lowest BCUT2D eigenvalue weighted by Gasteiger charge is -2.26. The topological polar surface area (TPSA) is 105 Å². The molecule has 5 rings (SSSR count). The number of rotatable bonds is 8. The van der Waals surface area contributed by atoms with Gasteiger partial charge in [0.05, 0.1) is 49.7 Å². The number of anilines is 1. The summed E-state index contributed by atoms with van der Waals surface area (Å²) in [6.07, 6.45) is 3.17. The average molecular weight is 540 g/mol. The van der Waals surface area contributed by atoms with E-state index < -0.39 is 12.0 Å². The van der Waals surface area contributed by atoms with E-state index in [0.717, 1.165) is 19.0 Å². The van der Waals surface area contributed by atoms with E-state index in [1.807, 2.05) is 32.0 Å². The zero-order valence-electron chi connectivity index (χ0n) is 21.5. The molecule has 0 bridgehead atoms. The molecule has 0 radical (unpaired) electrons. The molecule has 38 heavy (non-hydrogen) atoms. The van der Waals surface area contributed by atoms with Crippen molar-refractivity contribution in [2.75, 3.05) is 51.5 Å². The molecule has 0 amide bonds. The van der Waals surface area contributed by atoms with Gasteiger partial charge in [-0.3, -0.25) is 9.36 Å². The molecule has 0 spiro atoms. The number of hydrogen-bond donors (Lipinski definition) is 0. The zero-order chi connectivity index (χ0) is 26.6. The molecule has 2 aliphatic heterocycles. The standard InChI is InChI=1S/C27H29N3O7S/c1-4-35-20-8-6-17(14-21(20)36-5-2)24-19(26(32)33-3)16-28-27-30(24)25(31)22(38-27)15-18-7-9-23(37-18)29-10-12-34-13-11-29/h6-9,14-16,24H,4-5,10-13H2,1-3H3/b22-15-/t24-/m0/s1. The second kappa shape index (κ2) is 11.3. The summed E-state index contributed by atoms with van der Waals surface area (Å²) in [7, 11) is 1.30. The number of benzene rings is 1. The minimum atomic E-state index is -0.753. The van der Waals surface area contributed by atoms with Crippen molar-refractivity contribution >= 4 is 29.3 Å². The van der Waals surface area contributed by atoms with Gasteiger partial charge in [-0.05, 0) is 37.6 Å². The van der Waals surface area contributed by atoms with Crippen LogP contribution in [0.2, 0.25) is 0 Å². The van der Waals surface area contributed by atoms with E-state index in [0.29, 0.717) is 58.6 Å². The number of fused-ring (bicyclic) bond motifs is 1. The Morgan fingerprint density at radius 2 is 1.89 bits per heavy atom. The third-order valence-corrected chi connectivity index (χ3v) is 7.21. The zero-order valence-corrected chi connectivity index (χ0v) is 22.3. The first-order chi connectivity index (χ1) is 18.5. The van der Waals surface area contributed by atoms with Gasteiger partial charge in [0.2, 0.25) is 0 Å². The molecule has 2 aliphatic rings. The Labute approximate surface area is 223 Å². The van der Waals surface area contributed by atoms with Gasteiger partial charge in [0, 0.05) is 31.4 Å². The molecule has 3 aromatic rings. The van der Waals surface area contributed by atoms with Crippen molar-refractivity contribution in [3.63, 3.8) is 0 Å². The number of hydrogen-bond acceptors (Lipinski definition) is 10. The number of furan rings is 1. The number of morpholine rings is 1. The highest BCUT2D eigenvalue weighted by atomic mass is 32.1. The third kappa shape index (κ3) is 4.99. The van der Waals surface area contributed by atoms with Crippen LogP contribution in [-0.2, 0) is 14.3 Å². The van der Waals surface area contributed by atoms with Gasteiger partial charge in [-0.2, -0.15) is 0 Å². The highest BCUT2D eigenvalue weighted by Crippen LogP contribution is 2.35. The Bertz CT molecular complexity index is 1530. The normalized spacial score (nSPS) is 17.4. The van der Waals surface area contributed by atoms with E-state index in [1.54, 1.807) is 18.2 Å². The fourth-order valence-electron chi connectivity index (χ4n) is 4.49. The smallest absolute Gasteiger partial charge is 0.337 e. The fourth-order valence-corrected chi connectivity index (χ4v) is 5.44. The average Bonchev–Trinajstić information content (AvgIpc) is 3.54. The summed E-state index contributed by atoms with van der Waals surface area (Å²) < 4.78 is 29.9. The lowest BCUT2D eigenvalue weighted by molar-refractivity contribution is -0.136. The van der Waals surface area contributed by atoms with Crippen molar-refractivity contribution in [1.29, 1.82) is 0 Å². The molecular formula is C27H29N3O7S. The van der Waals surface area contributed by atoms with Crippen LogP contribution in [0.15, 0.2) is 56.3 Å². The Hall–Kier alpha value is -3.83. The monoisotopic (exact) mass is 539 g/mol. The Morgan fingerprint density at radius 1 is 1.13 bits per heavy atom. The Kier molecular flexibility index (Phi) is 7.66. The van der Waals surface area contributed by atoms with Gasteiger partial charge in [-0.25, -0.2) is 9.79 Å². The summed E-state index contributed by atoms with van der Waals surface area (Å²) in [5.74, 6) is 1.83. The van der Waals surface area contributed by atoms with Gasteiger partial charge in [-0.1, -0.05) is 17.4 Å². The number of thiazole rings is 1. The van der Waals surface area contributed by atoms with Gasteiger partial charge in [0.1, 0.15) is 5.76 Å². The molecule has 0 unspecified atom stereocenters. The number of carbonyl (C=O) groups excluding carboxylic acids is 1. The molecule has 1 fully saturated rings. The number of aromatic nitrogens is 1. The maximum atomic E-state index is 13.7. The number of ether oxygens (including phenoxy) is 4. The predicted octanol–water partition coefficient (Wildman–Crippen LogP) is 2.25. The number of methoxy groups -OCH3 is 1. The molecule has 1 atom stereocenters. The summed E-state index contributed by atoms with van der Waals surface area (Å²) in [6, 6.07) is 8.36. The first-order valence-electron chi connectivity index (χ1n) is 12.4. The lowest BCUT2D eigenvalue weighted by Crippen LogP contribution is -2.39. The maximum Gasteiger partial charge on any atom is 0.337 e. The van der Waals surface area contributed by atoms with Crippen LogP contribution < -0.4 is 29.3 Å². The molecule has 11 heteroatoms. The summed E-state index contributed by atoms with van der Waals surface area (Å²) in [4.78, 5) is 33.5. The summed E-state index contributed by atoms with van der Waals surface area (Å²) in [5.41, 5.74) is 0.624. The quantitative estimate of drug-likeness (QED) is 0.402. The van der Waals surface area contributed by atoms with Crippen LogP contribution in [0.25, 0.3) is 6.08 Å². The Morgan fingerprint density at radius 3 is 2.63 bits per heavy atom. The molecular weight excluding hydrogens is 510 g/mol. The molecule has 200 valence electrons. The fraction of sp³-hybridized carbons (Fsp3) is 0.370. The van der Waals surface area contributed by atoms with Crippen molar-refractivity contribution in [2.24, 2.45) is 4.99 Å². The van der Waals surface area contributed by atoms with Crippen molar-refractivity contribution in [2.45, 2.75) is 19.9 Å². The second-order valence-corrected chi connectivity index (χ2v) is 9.53. The molecule has 0 N–H and O–H groups in total. The van der Waals surface area contributed by atoms with E-state index in [4.69, 9.17) is 23.4 Å². The number of nitrogens with zero attached hydrogens (tertiary/aromatic N) is 3. The van der Waals surface area contributed by atoms with E-state index >= 15 is 0 Å². The maximum absolute atomic E-state index is 13.7. The molecule has 2 aromatic heterocycles. The number of esters is 1. The van der Waals surface area contributed by atoms with Crippen molar-refractivity contribution in [3.8, 4) is 11.5 Å². The highest BCUT2D eigenvalue weighted by molar-refractivity contribution is 7.07. The van der Waals surface area contributed by atoms with Crippen molar-refractivity contribution in [3.05, 3.63) is 73.1 Å². The van der Waals surface area contributed by atoms with Crippen LogP contribution in [-0.4, -0.2) is 57.2 Å². The van der Waals surface area contributed by atoms with Crippen LogP contribution in [0.5, 0.6) is 11.5 Å². The SMILES string of the molecule is CCOc1ccc([C@H]2C(C(=O)OC)=CN=c3s/c(=C\c4ccc(N5CCOCC5)o4)c(=O)n32)cc1OCC. The number of carbonyl (C=O) groups is 1. The third-order valence-electron chi connectivity index (χ3n) is 6.22. The molecule has 1 aromatic carbocycles. The molecule has 0 saturated carbocycles. The molecule has 1 saturated heterocycles. The van der Waals surface area contributed by atoms with Gasteiger partial charge in [0.15, 0.2) is 22.2 Å². The summed E-state index contributed by atoms with van der Waals surface area (Å²) >= 11 is 1.23. The first-order valence-corrected chi connectivity index (χ1v) is 13.3. The van der Waals surface area contributed by atoms with Crippen molar-refractivity contribution in [1.82, 2.24) is 4.57 Å². The Balaban J connectivity index is 1.58. The van der Waals surface area contributed by atoms with E-state index in [-0.39, 0.29) is 11.1 Å². The van der Waals surface area contributed by atoms with Gasteiger partial charge < -0.3 is 28.3 Å². The van der Waals surface area contributed by atoms with Crippen molar-refractivity contribution < 1.29 is 28.2 Å². The molecule has 0 aliphatic carbocycles. The molecule has 10 nitrogen and oxygen atoms in total. The van der Waals surface area contributed by atoms with Crippen LogP contribution in [0, 0.1) is 0 Å². The summed E-state index contributed by atoms with van der Waals surface area (Å²) in [6.45, 7) is 7.47. The minimum Gasteiger partial charge on any atom is -0.490 e. The van der Waals surface area contributed by atoms with Crippen LogP contribution in [0.3, 0.4) is 0 Å². The lowest BCUT2D eigenvalue weighted by atomic mass is 9.97. The van der Waals surface area contributed by atoms with Gasteiger partial charge >= 0.3 is 5.97 Å². The van der Waals surface area contributed by atoms with Crippen LogP contribution in [0.1, 0.15) is 31.2 Å². The second-order valence-electron chi connectivity index (χ2n) is 8.52. The van der Waals surface area contributed by atoms with Crippen LogP contribution >= 0.6 is 11.3 Å². The molecule has 4 heterocycles. The predicted molar refractivity (Wildman–Crippen MR) is 142 cm³/mol. The first kappa shape index (κ1) is 25.8. The van der Waals surface area contributed by atoms with Gasteiger partial charge in [-0.15, -0.1) is 0 Å². The summed E-state index contributed by atoms with van der Waals surface area (Å²) in [5, 5.41) is 0. The minimum absolute atomic E-state index is 0.241. The van der Waals surface area contributed by atoms with Gasteiger partial charge in [0.25, 0.3) is 5.56 Å². The van der Waals surface area contributed by atoms with E-state index in [1.165, 1.54) is 29.2 Å². The van der Waals surface area contributed by atoms with Crippen LogP contribution in [0.4, 0.5) is 5.88 Å². The highest BCUT2D eigenvalue weighted by Gasteiger charge is 2.31.